The standard InChI is InChI=1S/C32H37N9O2/c1-5-16-34-30-27(28(33)37-39(30)4)31(42)35-22(2)29-36-25-15-9-11-23(12-10-17-40-20-18-38(3)19-21-40)26(25)32(43)41(29)24-13-7-6-8-14-24/h5-9,11,13-15,22,34H,1,16-21H2,2-4H3,(H2,33,37)(H,35,42). The molecule has 0 spiro atoms. The number of amides is 1. The molecule has 3 heterocycles. The Morgan fingerprint density at radius 3 is 2.58 bits per heavy atom. The quantitative estimate of drug-likeness (QED) is 0.215. The number of carbonyl (C=O) groups excluding carboxylic acids is 1. The summed E-state index contributed by atoms with van der Waals surface area (Å²) in [5.41, 5.74) is 7.83. The van der Waals surface area contributed by atoms with E-state index in [9.17, 15) is 9.59 Å². The van der Waals surface area contributed by atoms with Crippen LogP contribution in [0.25, 0.3) is 16.6 Å². The topological polar surface area (TPSA) is 126 Å². The molecule has 5 rings (SSSR count). The van der Waals surface area contributed by atoms with E-state index >= 15 is 0 Å². The summed E-state index contributed by atoms with van der Waals surface area (Å²) in [6, 6.07) is 14.1. The highest BCUT2D eigenvalue weighted by molar-refractivity contribution is 6.03. The van der Waals surface area contributed by atoms with Gasteiger partial charge >= 0.3 is 0 Å². The molecule has 222 valence electrons. The first kappa shape index (κ1) is 29.6. The summed E-state index contributed by atoms with van der Waals surface area (Å²) in [4.78, 5) is 37.3. The number of nitrogens with one attached hydrogen (secondary N) is 2. The van der Waals surface area contributed by atoms with Crippen LogP contribution in [-0.2, 0) is 7.05 Å². The van der Waals surface area contributed by atoms with Gasteiger partial charge in [0.05, 0.1) is 29.2 Å². The van der Waals surface area contributed by atoms with Gasteiger partial charge in [-0.05, 0) is 38.2 Å². The average molecular weight is 580 g/mol. The van der Waals surface area contributed by atoms with Gasteiger partial charge in [0, 0.05) is 45.3 Å². The molecule has 1 aliphatic rings. The fraction of sp³-hybridized carbons (Fsp3) is 0.312. The maximum atomic E-state index is 14.2. The molecule has 1 atom stereocenters. The zero-order valence-electron chi connectivity index (χ0n) is 24.8. The number of hydrogen-bond acceptors (Lipinski definition) is 8. The van der Waals surface area contributed by atoms with Gasteiger partial charge in [-0.25, -0.2) is 4.98 Å². The number of nitrogens with zero attached hydrogens (tertiary/aromatic N) is 6. The molecule has 43 heavy (non-hydrogen) atoms. The van der Waals surface area contributed by atoms with E-state index in [4.69, 9.17) is 10.7 Å². The largest absolute Gasteiger partial charge is 0.381 e. The van der Waals surface area contributed by atoms with Crippen molar-refractivity contribution in [2.75, 3.05) is 57.4 Å². The Morgan fingerprint density at radius 2 is 1.86 bits per heavy atom. The van der Waals surface area contributed by atoms with Crippen molar-refractivity contribution in [2.45, 2.75) is 13.0 Å². The maximum absolute atomic E-state index is 14.2. The van der Waals surface area contributed by atoms with E-state index in [1.807, 2.05) is 42.5 Å². The molecule has 4 aromatic rings. The normalized spacial score (nSPS) is 14.6. The van der Waals surface area contributed by atoms with Gasteiger partial charge in [-0.1, -0.05) is 42.2 Å². The molecule has 0 bridgehead atoms. The van der Waals surface area contributed by atoms with Crippen molar-refractivity contribution >= 4 is 28.4 Å². The number of fused-ring (bicyclic) bond motifs is 1. The minimum absolute atomic E-state index is 0.0884. The predicted molar refractivity (Wildman–Crippen MR) is 170 cm³/mol. The van der Waals surface area contributed by atoms with E-state index in [1.54, 1.807) is 30.7 Å². The van der Waals surface area contributed by atoms with Crippen molar-refractivity contribution in [2.24, 2.45) is 7.05 Å². The lowest BCUT2D eigenvalue weighted by molar-refractivity contribution is 0.0939. The van der Waals surface area contributed by atoms with Crippen LogP contribution in [0.5, 0.6) is 0 Å². The van der Waals surface area contributed by atoms with Crippen molar-refractivity contribution in [1.29, 1.82) is 0 Å². The molecule has 11 heteroatoms. The van der Waals surface area contributed by atoms with Gasteiger partial charge < -0.3 is 21.3 Å². The number of para-hydroxylation sites is 1. The molecule has 11 nitrogen and oxygen atoms in total. The number of aryl methyl sites for hydroxylation is 1. The summed E-state index contributed by atoms with van der Waals surface area (Å²) in [5.74, 6) is 6.99. The first-order chi connectivity index (χ1) is 20.8. The van der Waals surface area contributed by atoms with Crippen LogP contribution < -0.4 is 21.9 Å². The molecule has 4 N–H and O–H groups in total. The zero-order chi connectivity index (χ0) is 30.5. The molecule has 2 aromatic carbocycles. The number of likely N-dealkylation sites (N-methyl/N-ethyl adjacent to an activating group) is 1. The van der Waals surface area contributed by atoms with Crippen LogP contribution in [0.3, 0.4) is 0 Å². The molecule has 0 saturated carbocycles. The first-order valence-electron chi connectivity index (χ1n) is 14.3. The van der Waals surface area contributed by atoms with Crippen LogP contribution in [0.2, 0.25) is 0 Å². The second kappa shape index (κ2) is 12.9. The van der Waals surface area contributed by atoms with Gasteiger partial charge in [0.1, 0.15) is 17.2 Å². The van der Waals surface area contributed by atoms with Crippen molar-refractivity contribution in [3.05, 3.63) is 88.5 Å². The lowest BCUT2D eigenvalue weighted by Gasteiger charge is -2.30. The second-order valence-electron chi connectivity index (χ2n) is 10.6. The molecule has 1 amide bonds. The molecule has 2 aromatic heterocycles. The summed E-state index contributed by atoms with van der Waals surface area (Å²) < 4.78 is 3.06. The third-order valence-corrected chi connectivity index (χ3v) is 7.51. The maximum Gasteiger partial charge on any atom is 0.267 e. The Hall–Kier alpha value is -4.92. The van der Waals surface area contributed by atoms with Gasteiger partial charge in [0.25, 0.3) is 11.5 Å². The fourth-order valence-electron chi connectivity index (χ4n) is 5.19. The SMILES string of the molecule is C=CCNc1c(C(=O)NC(C)c2nc3cccc(C#CCN4CCN(C)CC4)c3c(=O)n2-c2ccccc2)c(N)nn1C. The number of carbonyl (C=O) groups is 1. The third kappa shape index (κ3) is 6.30. The Labute approximate surface area is 251 Å². The van der Waals surface area contributed by atoms with Crippen LogP contribution in [0.15, 0.2) is 66.0 Å². The predicted octanol–water partition coefficient (Wildman–Crippen LogP) is 2.39. The van der Waals surface area contributed by atoms with Crippen molar-refractivity contribution < 1.29 is 4.79 Å². The van der Waals surface area contributed by atoms with E-state index in [2.05, 4.69) is 51.0 Å². The number of piperazine rings is 1. The number of rotatable bonds is 8. The van der Waals surface area contributed by atoms with Gasteiger partial charge in [-0.15, -0.1) is 6.58 Å². The lowest BCUT2D eigenvalue weighted by Crippen LogP contribution is -2.44. The minimum atomic E-state index is -0.663. The fourth-order valence-corrected chi connectivity index (χ4v) is 5.19. The van der Waals surface area contributed by atoms with Crippen molar-refractivity contribution in [3.8, 4) is 17.5 Å². The summed E-state index contributed by atoms with van der Waals surface area (Å²) >= 11 is 0. The number of anilines is 2. The van der Waals surface area contributed by atoms with E-state index < -0.39 is 11.9 Å². The Morgan fingerprint density at radius 1 is 1.12 bits per heavy atom. The molecule has 1 fully saturated rings. The van der Waals surface area contributed by atoms with E-state index in [0.29, 0.717) is 46.9 Å². The number of hydrogen-bond donors (Lipinski definition) is 3. The molecule has 1 unspecified atom stereocenters. The van der Waals surface area contributed by atoms with Gasteiger partial charge in [-0.3, -0.25) is 23.7 Å². The summed E-state index contributed by atoms with van der Waals surface area (Å²) in [7, 11) is 3.82. The van der Waals surface area contributed by atoms with Crippen molar-refractivity contribution in [3.63, 3.8) is 0 Å². The number of nitrogens with two attached hydrogens (primary N) is 1. The van der Waals surface area contributed by atoms with Gasteiger partial charge in [-0.2, -0.15) is 5.10 Å². The van der Waals surface area contributed by atoms with Gasteiger partial charge in [0.15, 0.2) is 5.82 Å². The molecule has 0 aliphatic carbocycles. The van der Waals surface area contributed by atoms with Gasteiger partial charge in [0.2, 0.25) is 0 Å². The van der Waals surface area contributed by atoms with Crippen LogP contribution in [-0.4, -0.2) is 81.4 Å². The Bertz CT molecular complexity index is 1760. The number of benzene rings is 2. The summed E-state index contributed by atoms with van der Waals surface area (Å²) in [6.45, 7) is 10.5. The Kier molecular flexibility index (Phi) is 8.90. The van der Waals surface area contributed by atoms with E-state index in [1.165, 1.54) is 4.68 Å². The van der Waals surface area contributed by atoms with Crippen LogP contribution in [0, 0.1) is 11.8 Å². The molecule has 1 aliphatic heterocycles. The second-order valence-corrected chi connectivity index (χ2v) is 10.6. The lowest BCUT2D eigenvalue weighted by atomic mass is 10.1. The highest BCUT2D eigenvalue weighted by Crippen LogP contribution is 2.24. The highest BCUT2D eigenvalue weighted by atomic mass is 16.2. The van der Waals surface area contributed by atoms with Crippen LogP contribution in [0.1, 0.15) is 34.7 Å². The first-order valence-corrected chi connectivity index (χ1v) is 14.3. The molecular weight excluding hydrogens is 542 g/mol. The average Bonchev–Trinajstić information content (AvgIpc) is 3.29. The zero-order valence-corrected chi connectivity index (χ0v) is 24.8. The highest BCUT2D eigenvalue weighted by Gasteiger charge is 2.25. The number of nitrogen functional groups attached to an aromatic ring is 1. The smallest absolute Gasteiger partial charge is 0.267 e. The minimum Gasteiger partial charge on any atom is -0.381 e. The van der Waals surface area contributed by atoms with E-state index in [-0.39, 0.29) is 16.9 Å². The molecular formula is C32H37N9O2. The molecule has 1 saturated heterocycles. The van der Waals surface area contributed by atoms with E-state index in [0.717, 1.165) is 26.2 Å². The molecule has 0 radical (unpaired) electrons. The third-order valence-electron chi connectivity index (χ3n) is 7.51. The van der Waals surface area contributed by atoms with Crippen LogP contribution >= 0.6 is 0 Å². The van der Waals surface area contributed by atoms with Crippen molar-refractivity contribution in [1.82, 2.24) is 34.4 Å². The number of aromatic nitrogens is 4. The Balaban J connectivity index is 1.53. The van der Waals surface area contributed by atoms with Crippen LogP contribution in [0.4, 0.5) is 11.6 Å². The summed E-state index contributed by atoms with van der Waals surface area (Å²) in [5, 5.41) is 10.7. The summed E-state index contributed by atoms with van der Waals surface area (Å²) in [6.07, 6.45) is 1.68. The monoisotopic (exact) mass is 579 g/mol.